The summed E-state index contributed by atoms with van der Waals surface area (Å²) in [5.74, 6) is -0.191. The molecule has 0 bridgehead atoms. The molecular weight excluding hydrogens is 274 g/mol. The molecule has 0 unspecified atom stereocenters. The Bertz CT molecular complexity index is 428. The van der Waals surface area contributed by atoms with Gasteiger partial charge in [0, 0.05) is 0 Å². The number of esters is 1. The van der Waals surface area contributed by atoms with Gasteiger partial charge in [0.1, 0.15) is 5.54 Å². The summed E-state index contributed by atoms with van der Waals surface area (Å²) in [5, 5.41) is 3.96. The Labute approximate surface area is 126 Å². The number of halogens is 1. The quantitative estimate of drug-likeness (QED) is 0.710. The minimum atomic E-state index is -0.690. The van der Waals surface area contributed by atoms with Crippen molar-refractivity contribution in [1.29, 1.82) is 0 Å². The summed E-state index contributed by atoms with van der Waals surface area (Å²) in [5.41, 5.74) is 0.0916. The zero-order chi connectivity index (χ0) is 15.0. The maximum Gasteiger partial charge on any atom is 0.331 e. The Kier molecular flexibility index (Phi) is 6.86. The minimum Gasteiger partial charge on any atom is -0.464 e. The van der Waals surface area contributed by atoms with E-state index in [0.717, 1.165) is 31.4 Å². The van der Waals surface area contributed by atoms with Crippen LogP contribution < -0.4 is 5.32 Å². The fourth-order valence-corrected chi connectivity index (χ4v) is 2.63. The lowest BCUT2D eigenvalue weighted by atomic mass is 9.88. The zero-order valence-electron chi connectivity index (χ0n) is 12.5. The van der Waals surface area contributed by atoms with Crippen molar-refractivity contribution in [3.63, 3.8) is 0 Å². The van der Waals surface area contributed by atoms with Crippen LogP contribution in [-0.4, -0.2) is 18.1 Å². The molecule has 0 radical (unpaired) electrons. The number of benzene rings is 1. The molecule has 0 fully saturated rings. The van der Waals surface area contributed by atoms with Crippen LogP contribution in [0.5, 0.6) is 0 Å². The predicted octanol–water partition coefficient (Wildman–Crippen LogP) is 4.65. The highest BCUT2D eigenvalue weighted by Gasteiger charge is 2.38. The van der Waals surface area contributed by atoms with E-state index in [0.29, 0.717) is 11.6 Å². The van der Waals surface area contributed by atoms with Crippen LogP contribution in [0.2, 0.25) is 5.02 Å². The van der Waals surface area contributed by atoms with Crippen molar-refractivity contribution >= 4 is 23.3 Å². The monoisotopic (exact) mass is 297 g/mol. The Morgan fingerprint density at radius 2 is 1.80 bits per heavy atom. The molecule has 3 nitrogen and oxygen atoms in total. The van der Waals surface area contributed by atoms with Gasteiger partial charge in [-0.3, -0.25) is 0 Å². The van der Waals surface area contributed by atoms with Crippen LogP contribution in [0.3, 0.4) is 0 Å². The average molecular weight is 298 g/mol. The summed E-state index contributed by atoms with van der Waals surface area (Å²) in [6, 6.07) is 7.49. The van der Waals surface area contributed by atoms with Gasteiger partial charge in [-0.25, -0.2) is 4.79 Å². The molecular formula is C16H24ClNO2. The first-order valence-electron chi connectivity index (χ1n) is 7.29. The molecule has 0 aliphatic rings. The number of ether oxygens (including phenoxy) is 1. The van der Waals surface area contributed by atoms with Gasteiger partial charge in [-0.15, -0.1) is 0 Å². The van der Waals surface area contributed by atoms with Crippen LogP contribution >= 0.6 is 11.6 Å². The largest absolute Gasteiger partial charge is 0.464 e. The molecule has 0 saturated carbocycles. The highest BCUT2D eigenvalue weighted by Crippen LogP contribution is 2.30. The van der Waals surface area contributed by atoms with Gasteiger partial charge in [0.2, 0.25) is 0 Å². The molecule has 1 aromatic rings. The summed E-state index contributed by atoms with van der Waals surface area (Å²) < 4.78 is 5.28. The molecule has 0 saturated heterocycles. The molecule has 1 rings (SSSR count). The van der Waals surface area contributed by atoms with Gasteiger partial charge in [-0.2, -0.15) is 0 Å². The molecule has 0 amide bonds. The van der Waals surface area contributed by atoms with Gasteiger partial charge in [0.25, 0.3) is 0 Å². The standard InChI is InChI=1S/C16H24ClNO2/c1-4-11-16(12-5-2,15(19)20-6-3)18-14-10-8-7-9-13(14)17/h7-10,18H,4-6,11-12H2,1-3H3. The van der Waals surface area contributed by atoms with E-state index in [-0.39, 0.29) is 5.97 Å². The number of para-hydroxylation sites is 1. The van der Waals surface area contributed by atoms with Crippen molar-refractivity contribution in [2.24, 2.45) is 0 Å². The highest BCUT2D eigenvalue weighted by atomic mass is 35.5. The van der Waals surface area contributed by atoms with E-state index in [9.17, 15) is 4.79 Å². The van der Waals surface area contributed by atoms with E-state index in [2.05, 4.69) is 19.2 Å². The Morgan fingerprint density at radius 3 is 2.30 bits per heavy atom. The number of nitrogens with one attached hydrogen (secondary N) is 1. The van der Waals surface area contributed by atoms with E-state index >= 15 is 0 Å². The van der Waals surface area contributed by atoms with Gasteiger partial charge in [-0.1, -0.05) is 50.4 Å². The number of hydrogen-bond donors (Lipinski definition) is 1. The van der Waals surface area contributed by atoms with Gasteiger partial charge in [0.15, 0.2) is 0 Å². The van der Waals surface area contributed by atoms with E-state index in [4.69, 9.17) is 16.3 Å². The Morgan fingerprint density at radius 1 is 1.20 bits per heavy atom. The first-order chi connectivity index (χ1) is 9.59. The molecule has 1 aromatic carbocycles. The molecule has 20 heavy (non-hydrogen) atoms. The van der Waals surface area contributed by atoms with Gasteiger partial charge >= 0.3 is 5.97 Å². The third-order valence-corrected chi connectivity index (χ3v) is 3.60. The lowest BCUT2D eigenvalue weighted by Crippen LogP contribution is -2.47. The fraction of sp³-hybridized carbons (Fsp3) is 0.562. The molecule has 112 valence electrons. The van der Waals surface area contributed by atoms with Crippen LogP contribution in [0, 0.1) is 0 Å². The second kappa shape index (κ2) is 8.15. The molecule has 0 spiro atoms. The average Bonchev–Trinajstić information content (AvgIpc) is 2.42. The van der Waals surface area contributed by atoms with Crippen LogP contribution in [0.4, 0.5) is 5.69 Å². The zero-order valence-corrected chi connectivity index (χ0v) is 13.3. The normalized spacial score (nSPS) is 11.2. The van der Waals surface area contributed by atoms with E-state index < -0.39 is 5.54 Å². The second-order valence-electron chi connectivity index (χ2n) is 4.91. The molecule has 0 aliphatic carbocycles. The van der Waals surface area contributed by atoms with Crippen molar-refractivity contribution in [2.75, 3.05) is 11.9 Å². The van der Waals surface area contributed by atoms with E-state index in [1.54, 1.807) is 0 Å². The van der Waals surface area contributed by atoms with Crippen molar-refractivity contribution in [3.05, 3.63) is 29.3 Å². The molecule has 0 heterocycles. The number of carbonyl (C=O) groups excluding carboxylic acids is 1. The maximum atomic E-state index is 12.4. The summed E-state index contributed by atoms with van der Waals surface area (Å²) >= 11 is 6.20. The summed E-state index contributed by atoms with van der Waals surface area (Å²) in [6.07, 6.45) is 3.25. The molecule has 0 aliphatic heterocycles. The van der Waals surface area contributed by atoms with Crippen molar-refractivity contribution in [2.45, 2.75) is 52.0 Å². The second-order valence-corrected chi connectivity index (χ2v) is 5.31. The number of anilines is 1. The molecule has 0 aromatic heterocycles. The molecule has 4 heteroatoms. The summed E-state index contributed by atoms with van der Waals surface area (Å²) in [7, 11) is 0. The lowest BCUT2D eigenvalue weighted by Gasteiger charge is -2.33. The summed E-state index contributed by atoms with van der Waals surface area (Å²) in [4.78, 5) is 12.4. The molecule has 1 N–H and O–H groups in total. The third-order valence-electron chi connectivity index (χ3n) is 3.27. The highest BCUT2D eigenvalue weighted by molar-refractivity contribution is 6.33. The third kappa shape index (κ3) is 4.14. The van der Waals surface area contributed by atoms with Crippen molar-refractivity contribution < 1.29 is 9.53 Å². The molecule has 0 atom stereocenters. The lowest BCUT2D eigenvalue weighted by molar-refractivity contribution is -0.149. The topological polar surface area (TPSA) is 38.3 Å². The predicted molar refractivity (Wildman–Crippen MR) is 84.3 cm³/mol. The SMILES string of the molecule is CCCC(CCC)(Nc1ccccc1Cl)C(=O)OCC. The van der Waals surface area contributed by atoms with Gasteiger partial charge in [0.05, 0.1) is 17.3 Å². The fourth-order valence-electron chi connectivity index (χ4n) is 2.45. The van der Waals surface area contributed by atoms with Crippen LogP contribution in [-0.2, 0) is 9.53 Å². The van der Waals surface area contributed by atoms with Gasteiger partial charge < -0.3 is 10.1 Å². The number of rotatable bonds is 8. The number of hydrogen-bond acceptors (Lipinski definition) is 3. The van der Waals surface area contributed by atoms with Crippen LogP contribution in [0.15, 0.2) is 24.3 Å². The minimum absolute atomic E-state index is 0.191. The van der Waals surface area contributed by atoms with Crippen molar-refractivity contribution in [1.82, 2.24) is 0 Å². The van der Waals surface area contributed by atoms with E-state index in [1.165, 1.54) is 0 Å². The number of carbonyl (C=O) groups is 1. The van der Waals surface area contributed by atoms with Crippen LogP contribution in [0.25, 0.3) is 0 Å². The first kappa shape index (κ1) is 16.8. The van der Waals surface area contributed by atoms with Crippen molar-refractivity contribution in [3.8, 4) is 0 Å². The van der Waals surface area contributed by atoms with Gasteiger partial charge in [-0.05, 0) is 31.9 Å². The Balaban J connectivity index is 3.08. The first-order valence-corrected chi connectivity index (χ1v) is 7.67. The van der Waals surface area contributed by atoms with E-state index in [1.807, 2.05) is 31.2 Å². The summed E-state index contributed by atoms with van der Waals surface area (Å²) in [6.45, 7) is 6.35. The van der Waals surface area contributed by atoms with Crippen LogP contribution in [0.1, 0.15) is 46.5 Å². The maximum absolute atomic E-state index is 12.4. The Hall–Kier alpha value is -1.22. The smallest absolute Gasteiger partial charge is 0.331 e.